The number of amides is 1. The number of nitrogens with zero attached hydrogens (tertiary/aromatic N) is 1. The van der Waals surface area contributed by atoms with E-state index in [2.05, 4.69) is 10.3 Å². The molecule has 0 fully saturated rings. The lowest BCUT2D eigenvalue weighted by molar-refractivity contribution is 0.102. The van der Waals surface area contributed by atoms with Crippen LogP contribution in [0.25, 0.3) is 10.6 Å². The number of anilines is 1. The number of hydrogen-bond acceptors (Lipinski definition) is 3. The van der Waals surface area contributed by atoms with Crippen molar-refractivity contribution >= 4 is 22.9 Å². The van der Waals surface area contributed by atoms with Crippen molar-refractivity contribution in [1.29, 1.82) is 0 Å². The SMILES string of the molecule is Cc1sc(-c2ccccc2)nc1C(=O)Nc1ccc(F)cc1F. The molecule has 1 heterocycles. The lowest BCUT2D eigenvalue weighted by Gasteiger charge is -2.05. The fourth-order valence-corrected chi connectivity index (χ4v) is 3.00. The predicted octanol–water partition coefficient (Wildman–Crippen LogP) is 4.65. The van der Waals surface area contributed by atoms with Gasteiger partial charge < -0.3 is 5.32 Å². The van der Waals surface area contributed by atoms with E-state index in [1.54, 1.807) is 6.92 Å². The topological polar surface area (TPSA) is 42.0 Å². The number of aromatic nitrogens is 1. The maximum Gasteiger partial charge on any atom is 0.275 e. The second-order valence-electron chi connectivity index (χ2n) is 4.87. The van der Waals surface area contributed by atoms with Crippen LogP contribution in [0, 0.1) is 18.6 Å². The minimum Gasteiger partial charge on any atom is -0.318 e. The van der Waals surface area contributed by atoms with E-state index >= 15 is 0 Å². The highest BCUT2D eigenvalue weighted by molar-refractivity contribution is 7.15. The summed E-state index contributed by atoms with van der Waals surface area (Å²) in [4.78, 5) is 17.3. The standard InChI is InChI=1S/C17H12F2N2OS/c1-10-15(21-17(23-10)11-5-3-2-4-6-11)16(22)20-14-8-7-12(18)9-13(14)19/h2-9H,1H3,(H,20,22). The van der Waals surface area contributed by atoms with Gasteiger partial charge in [-0.3, -0.25) is 4.79 Å². The Morgan fingerprint density at radius 2 is 1.87 bits per heavy atom. The van der Waals surface area contributed by atoms with Crippen LogP contribution in [0.15, 0.2) is 48.5 Å². The number of thiazole rings is 1. The van der Waals surface area contributed by atoms with Gasteiger partial charge in [0, 0.05) is 16.5 Å². The van der Waals surface area contributed by atoms with Gasteiger partial charge in [-0.2, -0.15) is 0 Å². The smallest absolute Gasteiger partial charge is 0.275 e. The number of aryl methyl sites for hydroxylation is 1. The van der Waals surface area contributed by atoms with Gasteiger partial charge in [0.1, 0.15) is 22.3 Å². The Kier molecular flexibility index (Phi) is 4.16. The molecule has 3 aromatic rings. The van der Waals surface area contributed by atoms with Crippen LogP contribution < -0.4 is 5.32 Å². The van der Waals surface area contributed by atoms with Gasteiger partial charge in [0.05, 0.1) is 5.69 Å². The lowest BCUT2D eigenvalue weighted by Crippen LogP contribution is -2.14. The zero-order chi connectivity index (χ0) is 16.4. The second-order valence-corrected chi connectivity index (χ2v) is 6.07. The highest BCUT2D eigenvalue weighted by Crippen LogP contribution is 2.28. The Bertz CT molecular complexity index is 862. The van der Waals surface area contributed by atoms with Gasteiger partial charge >= 0.3 is 0 Å². The summed E-state index contributed by atoms with van der Waals surface area (Å²) in [6.45, 7) is 1.78. The molecule has 1 N–H and O–H groups in total. The van der Waals surface area contributed by atoms with Crippen molar-refractivity contribution in [3.05, 3.63) is 70.7 Å². The van der Waals surface area contributed by atoms with E-state index < -0.39 is 17.5 Å². The van der Waals surface area contributed by atoms with E-state index in [-0.39, 0.29) is 11.4 Å². The first-order valence-corrected chi connectivity index (χ1v) is 7.65. The zero-order valence-electron chi connectivity index (χ0n) is 12.1. The third-order valence-corrected chi connectivity index (χ3v) is 4.23. The molecule has 0 aliphatic heterocycles. The van der Waals surface area contributed by atoms with Gasteiger partial charge in [-0.25, -0.2) is 13.8 Å². The maximum absolute atomic E-state index is 13.6. The highest BCUT2D eigenvalue weighted by atomic mass is 32.1. The molecule has 116 valence electrons. The number of hydrogen-bond donors (Lipinski definition) is 1. The molecular formula is C17H12F2N2OS. The van der Waals surface area contributed by atoms with E-state index in [4.69, 9.17) is 0 Å². The fraction of sp³-hybridized carbons (Fsp3) is 0.0588. The third-order valence-electron chi connectivity index (χ3n) is 3.21. The van der Waals surface area contributed by atoms with Crippen molar-refractivity contribution in [3.8, 4) is 10.6 Å². The first-order valence-electron chi connectivity index (χ1n) is 6.84. The fourth-order valence-electron chi connectivity index (χ4n) is 2.08. The van der Waals surface area contributed by atoms with Crippen LogP contribution in [-0.2, 0) is 0 Å². The molecule has 0 spiro atoms. The van der Waals surface area contributed by atoms with Crippen LogP contribution in [0.2, 0.25) is 0 Å². The zero-order valence-corrected chi connectivity index (χ0v) is 13.0. The van der Waals surface area contributed by atoms with E-state index in [0.717, 1.165) is 22.6 Å². The molecule has 0 bridgehead atoms. The quantitative estimate of drug-likeness (QED) is 0.759. The summed E-state index contributed by atoms with van der Waals surface area (Å²) < 4.78 is 26.5. The van der Waals surface area contributed by atoms with Gasteiger partial charge in [-0.05, 0) is 19.1 Å². The Labute approximate surface area is 135 Å². The van der Waals surface area contributed by atoms with Gasteiger partial charge in [0.15, 0.2) is 0 Å². The highest BCUT2D eigenvalue weighted by Gasteiger charge is 2.17. The summed E-state index contributed by atoms with van der Waals surface area (Å²) >= 11 is 1.39. The molecule has 6 heteroatoms. The number of nitrogens with one attached hydrogen (secondary N) is 1. The number of benzene rings is 2. The van der Waals surface area contributed by atoms with Crippen LogP contribution in [0.1, 0.15) is 15.4 Å². The molecule has 3 rings (SSSR count). The summed E-state index contributed by atoms with van der Waals surface area (Å²) in [6.07, 6.45) is 0. The van der Waals surface area contributed by atoms with Crippen LogP contribution in [0.3, 0.4) is 0 Å². The van der Waals surface area contributed by atoms with Gasteiger partial charge in [0.2, 0.25) is 0 Å². The number of carbonyl (C=O) groups is 1. The molecule has 3 nitrogen and oxygen atoms in total. The molecule has 0 saturated heterocycles. The van der Waals surface area contributed by atoms with E-state index in [0.29, 0.717) is 5.01 Å². The Hall–Kier alpha value is -2.60. The predicted molar refractivity (Wildman–Crippen MR) is 86.6 cm³/mol. The van der Waals surface area contributed by atoms with Crippen LogP contribution in [0.4, 0.5) is 14.5 Å². The van der Waals surface area contributed by atoms with Crippen molar-refractivity contribution in [1.82, 2.24) is 4.98 Å². The third kappa shape index (κ3) is 3.27. The lowest BCUT2D eigenvalue weighted by atomic mass is 10.2. The molecule has 2 aromatic carbocycles. The van der Waals surface area contributed by atoms with Crippen LogP contribution >= 0.6 is 11.3 Å². The summed E-state index contributed by atoms with van der Waals surface area (Å²) in [5.74, 6) is -2.04. The average molecular weight is 330 g/mol. The van der Waals surface area contributed by atoms with E-state index in [1.165, 1.54) is 17.4 Å². The normalized spacial score (nSPS) is 10.6. The molecule has 23 heavy (non-hydrogen) atoms. The Morgan fingerprint density at radius 1 is 1.13 bits per heavy atom. The molecule has 1 aromatic heterocycles. The first-order chi connectivity index (χ1) is 11.0. The molecular weight excluding hydrogens is 318 g/mol. The Morgan fingerprint density at radius 3 is 2.57 bits per heavy atom. The largest absolute Gasteiger partial charge is 0.318 e. The van der Waals surface area contributed by atoms with Crippen molar-refractivity contribution in [2.75, 3.05) is 5.32 Å². The minimum absolute atomic E-state index is 0.0786. The molecule has 1 amide bonds. The molecule has 0 aliphatic carbocycles. The summed E-state index contributed by atoms with van der Waals surface area (Å²) in [5, 5.41) is 3.14. The molecule has 0 unspecified atom stereocenters. The number of rotatable bonds is 3. The first kappa shape index (κ1) is 15.3. The maximum atomic E-state index is 13.6. The van der Waals surface area contributed by atoms with Crippen molar-refractivity contribution in [2.24, 2.45) is 0 Å². The van der Waals surface area contributed by atoms with E-state index in [9.17, 15) is 13.6 Å². The van der Waals surface area contributed by atoms with Crippen LogP contribution in [0.5, 0.6) is 0 Å². The van der Waals surface area contributed by atoms with Crippen LogP contribution in [-0.4, -0.2) is 10.9 Å². The van der Waals surface area contributed by atoms with Crippen molar-refractivity contribution < 1.29 is 13.6 Å². The van der Waals surface area contributed by atoms with Gasteiger partial charge in [-0.15, -0.1) is 11.3 Å². The summed E-state index contributed by atoms with van der Waals surface area (Å²) in [5.41, 5.74) is 1.07. The summed E-state index contributed by atoms with van der Waals surface area (Å²) in [6, 6.07) is 12.5. The average Bonchev–Trinajstić information content (AvgIpc) is 2.93. The van der Waals surface area contributed by atoms with Crippen molar-refractivity contribution in [3.63, 3.8) is 0 Å². The molecule has 0 aliphatic rings. The molecule has 0 radical (unpaired) electrons. The van der Waals surface area contributed by atoms with E-state index in [1.807, 2.05) is 30.3 Å². The number of halogens is 2. The monoisotopic (exact) mass is 330 g/mol. The van der Waals surface area contributed by atoms with Gasteiger partial charge in [0.25, 0.3) is 5.91 Å². The Balaban J connectivity index is 1.87. The molecule has 0 saturated carbocycles. The van der Waals surface area contributed by atoms with Crippen molar-refractivity contribution in [2.45, 2.75) is 6.92 Å². The minimum atomic E-state index is -0.825. The van der Waals surface area contributed by atoms with Gasteiger partial charge in [-0.1, -0.05) is 30.3 Å². The summed E-state index contributed by atoms with van der Waals surface area (Å²) in [7, 11) is 0. The second kappa shape index (κ2) is 6.26. The molecule has 0 atom stereocenters. The number of carbonyl (C=O) groups excluding carboxylic acids is 1.